The molecule has 0 aromatic heterocycles. The minimum atomic E-state index is -3.88. The quantitative estimate of drug-likeness (QED) is 0.486. The van der Waals surface area contributed by atoms with Crippen molar-refractivity contribution in [2.24, 2.45) is 0 Å². The highest BCUT2D eigenvalue weighted by Crippen LogP contribution is 2.37. The second kappa shape index (κ2) is 6.12. The summed E-state index contributed by atoms with van der Waals surface area (Å²) >= 11 is 0. The Kier molecular flexibility index (Phi) is 3.76. The van der Waals surface area contributed by atoms with Crippen LogP contribution in [-0.2, 0) is 16.3 Å². The van der Waals surface area contributed by atoms with Gasteiger partial charge < -0.3 is 4.90 Å². The molecule has 2 aliphatic heterocycles. The molecule has 0 bridgehead atoms. The zero-order valence-corrected chi connectivity index (χ0v) is 16.4. The Morgan fingerprint density at radius 1 is 0.931 bits per heavy atom. The summed E-state index contributed by atoms with van der Waals surface area (Å²) in [6.45, 7) is 1.97. The van der Waals surface area contributed by atoms with Gasteiger partial charge in [0, 0.05) is 28.4 Å². The fraction of sp³-hybridized carbons (Fsp3) is 0.130. The van der Waals surface area contributed by atoms with Crippen LogP contribution in [0.1, 0.15) is 38.8 Å². The number of ketones is 1. The number of benzene rings is 3. The summed E-state index contributed by atoms with van der Waals surface area (Å²) < 4.78 is 26.2. The molecular formula is C23H17NO4S. The Labute approximate surface area is 168 Å². The summed E-state index contributed by atoms with van der Waals surface area (Å²) in [5.74, 6) is -0.615. The molecule has 0 saturated carbocycles. The second-order valence-electron chi connectivity index (χ2n) is 7.40. The largest absolute Gasteiger partial charge is 0.305 e. The second-order valence-corrected chi connectivity index (χ2v) is 9.28. The molecule has 29 heavy (non-hydrogen) atoms. The highest BCUT2D eigenvalue weighted by Gasteiger charge is 2.36. The van der Waals surface area contributed by atoms with E-state index >= 15 is 0 Å². The molecule has 0 spiro atoms. The number of carbonyl (C=O) groups is 2. The van der Waals surface area contributed by atoms with Crippen LogP contribution in [0.4, 0.5) is 5.69 Å². The van der Waals surface area contributed by atoms with E-state index in [4.69, 9.17) is 0 Å². The molecule has 0 fully saturated rings. The van der Waals surface area contributed by atoms with Gasteiger partial charge in [-0.1, -0.05) is 30.3 Å². The standard InChI is InChI=1S/C23H17NO4S/c1-14-12-15-6-2-4-8-19(15)24(14)23(26)16-10-11-18-21(13-16)29(27,28)20-9-5-3-7-17(20)22(18)25/h2-11,13-14H,12H2,1H3/t14-/m1/s1. The van der Waals surface area contributed by atoms with Gasteiger partial charge in [0.25, 0.3) is 5.91 Å². The molecule has 3 aromatic rings. The summed E-state index contributed by atoms with van der Waals surface area (Å²) in [6, 6.07) is 18.2. The van der Waals surface area contributed by atoms with Crippen molar-refractivity contribution >= 4 is 27.2 Å². The average molecular weight is 403 g/mol. The molecule has 1 amide bonds. The normalized spacial score (nSPS) is 18.7. The highest BCUT2D eigenvalue weighted by atomic mass is 32.2. The zero-order valence-electron chi connectivity index (χ0n) is 15.6. The van der Waals surface area contributed by atoms with Gasteiger partial charge in [-0.15, -0.1) is 0 Å². The van der Waals surface area contributed by atoms with Crippen LogP contribution < -0.4 is 4.90 Å². The molecule has 5 nitrogen and oxygen atoms in total. The Balaban J connectivity index is 1.63. The Hall–Kier alpha value is -3.25. The lowest BCUT2D eigenvalue weighted by Gasteiger charge is -2.24. The number of hydrogen-bond acceptors (Lipinski definition) is 4. The summed E-state index contributed by atoms with van der Waals surface area (Å²) in [7, 11) is -3.88. The van der Waals surface area contributed by atoms with Gasteiger partial charge in [0.1, 0.15) is 0 Å². The predicted molar refractivity (Wildman–Crippen MR) is 108 cm³/mol. The fourth-order valence-corrected chi connectivity index (χ4v) is 5.91. The maximum atomic E-state index is 13.3. The molecule has 6 heteroatoms. The number of anilines is 1. The van der Waals surface area contributed by atoms with Gasteiger partial charge in [0.05, 0.1) is 9.79 Å². The lowest BCUT2D eigenvalue weighted by molar-refractivity contribution is 0.0978. The molecule has 1 atom stereocenters. The van der Waals surface area contributed by atoms with Crippen LogP contribution in [0.5, 0.6) is 0 Å². The van der Waals surface area contributed by atoms with E-state index in [0.717, 1.165) is 17.7 Å². The van der Waals surface area contributed by atoms with Gasteiger partial charge in [0.15, 0.2) is 5.78 Å². The van der Waals surface area contributed by atoms with Gasteiger partial charge in [-0.2, -0.15) is 0 Å². The van der Waals surface area contributed by atoms with E-state index in [2.05, 4.69) is 0 Å². The highest BCUT2D eigenvalue weighted by molar-refractivity contribution is 7.91. The molecule has 5 rings (SSSR count). The topological polar surface area (TPSA) is 71.5 Å². The fourth-order valence-electron chi connectivity index (χ4n) is 4.23. The number of hydrogen-bond donors (Lipinski definition) is 0. The van der Waals surface area contributed by atoms with Crippen molar-refractivity contribution in [3.63, 3.8) is 0 Å². The van der Waals surface area contributed by atoms with Crippen LogP contribution in [0, 0.1) is 0 Å². The van der Waals surface area contributed by atoms with Crippen molar-refractivity contribution in [1.82, 2.24) is 0 Å². The van der Waals surface area contributed by atoms with Crippen LogP contribution in [-0.4, -0.2) is 26.2 Å². The smallest absolute Gasteiger partial charge is 0.258 e. The number of sulfone groups is 1. The molecule has 0 radical (unpaired) electrons. The summed E-state index contributed by atoms with van der Waals surface area (Å²) in [4.78, 5) is 27.7. The van der Waals surface area contributed by atoms with Gasteiger partial charge in [0.2, 0.25) is 9.84 Å². The van der Waals surface area contributed by atoms with E-state index in [1.807, 2.05) is 31.2 Å². The van der Waals surface area contributed by atoms with Crippen molar-refractivity contribution in [2.45, 2.75) is 29.2 Å². The van der Waals surface area contributed by atoms with Gasteiger partial charge >= 0.3 is 0 Å². The van der Waals surface area contributed by atoms with Crippen LogP contribution in [0.25, 0.3) is 0 Å². The molecule has 2 aliphatic rings. The molecule has 0 N–H and O–H groups in total. The van der Waals surface area contributed by atoms with Crippen molar-refractivity contribution in [3.8, 4) is 0 Å². The summed E-state index contributed by atoms with van der Waals surface area (Å²) in [6.07, 6.45) is 0.747. The zero-order chi connectivity index (χ0) is 20.3. The third-order valence-electron chi connectivity index (χ3n) is 5.61. The maximum Gasteiger partial charge on any atom is 0.258 e. The van der Waals surface area contributed by atoms with E-state index in [9.17, 15) is 18.0 Å². The molecule has 0 unspecified atom stereocenters. The Morgan fingerprint density at radius 3 is 2.45 bits per heavy atom. The van der Waals surface area contributed by atoms with E-state index in [1.54, 1.807) is 17.0 Å². The van der Waals surface area contributed by atoms with Gasteiger partial charge in [-0.05, 0) is 55.3 Å². The molecule has 2 heterocycles. The van der Waals surface area contributed by atoms with Crippen molar-refractivity contribution in [2.75, 3.05) is 4.90 Å². The van der Waals surface area contributed by atoms with Crippen LogP contribution in [0.2, 0.25) is 0 Å². The number of amides is 1. The van der Waals surface area contributed by atoms with Crippen molar-refractivity contribution in [3.05, 3.63) is 89.0 Å². The number of para-hydroxylation sites is 1. The van der Waals surface area contributed by atoms with Crippen LogP contribution in [0.3, 0.4) is 0 Å². The number of rotatable bonds is 1. The molecule has 3 aromatic carbocycles. The van der Waals surface area contributed by atoms with Crippen molar-refractivity contribution < 1.29 is 18.0 Å². The number of carbonyl (C=O) groups excluding carboxylic acids is 2. The summed E-state index contributed by atoms with van der Waals surface area (Å²) in [5.41, 5.74) is 2.45. The maximum absolute atomic E-state index is 13.3. The van der Waals surface area contributed by atoms with Crippen LogP contribution >= 0.6 is 0 Å². The lowest BCUT2D eigenvalue weighted by atomic mass is 10.0. The third kappa shape index (κ3) is 2.49. The molecule has 0 saturated heterocycles. The first kappa shape index (κ1) is 17.8. The molecule has 144 valence electrons. The van der Waals surface area contributed by atoms with E-state index in [1.165, 1.54) is 30.3 Å². The number of nitrogens with zero attached hydrogens (tertiary/aromatic N) is 1. The van der Waals surface area contributed by atoms with Gasteiger partial charge in [-0.3, -0.25) is 9.59 Å². The minimum absolute atomic E-state index is 0.0121. The van der Waals surface area contributed by atoms with Crippen molar-refractivity contribution in [1.29, 1.82) is 0 Å². The Bertz CT molecular complexity index is 1310. The first-order valence-corrected chi connectivity index (χ1v) is 10.8. The lowest BCUT2D eigenvalue weighted by Crippen LogP contribution is -2.36. The monoisotopic (exact) mass is 403 g/mol. The SMILES string of the molecule is C[C@@H]1Cc2ccccc2N1C(=O)c1ccc2c(c1)S(=O)(=O)c1ccccc1C2=O. The minimum Gasteiger partial charge on any atom is -0.305 e. The first-order chi connectivity index (χ1) is 13.9. The van der Waals surface area contributed by atoms with E-state index < -0.39 is 9.84 Å². The van der Waals surface area contributed by atoms with E-state index in [0.29, 0.717) is 0 Å². The Morgan fingerprint density at radius 2 is 1.62 bits per heavy atom. The molecule has 0 aliphatic carbocycles. The van der Waals surface area contributed by atoms with Gasteiger partial charge in [-0.25, -0.2) is 8.42 Å². The van der Waals surface area contributed by atoms with Crippen LogP contribution in [0.15, 0.2) is 76.5 Å². The third-order valence-corrected chi connectivity index (χ3v) is 7.46. The first-order valence-electron chi connectivity index (χ1n) is 9.34. The number of fused-ring (bicyclic) bond motifs is 3. The van der Waals surface area contributed by atoms with E-state index in [-0.39, 0.29) is 44.2 Å². The predicted octanol–water partition coefficient (Wildman–Crippen LogP) is 3.66. The average Bonchev–Trinajstić information content (AvgIpc) is 3.07. The molecular weight excluding hydrogens is 386 g/mol. The summed E-state index contributed by atoms with van der Waals surface area (Å²) in [5, 5.41) is 0.